The molecule has 0 saturated carbocycles. The van der Waals surface area contributed by atoms with Gasteiger partial charge in [0.25, 0.3) is 0 Å². The molecule has 1 unspecified atom stereocenters. The first-order valence-electron chi connectivity index (χ1n) is 7.94. The number of nitrogens with one attached hydrogen (secondary N) is 1. The molecule has 2 amide bonds. The van der Waals surface area contributed by atoms with Crippen LogP contribution < -0.4 is 15.0 Å². The summed E-state index contributed by atoms with van der Waals surface area (Å²) in [6, 6.07) is 10.5. The summed E-state index contributed by atoms with van der Waals surface area (Å²) in [5, 5.41) is 2.46. The van der Waals surface area contributed by atoms with Gasteiger partial charge in [-0.1, -0.05) is 18.2 Å². The van der Waals surface area contributed by atoms with Gasteiger partial charge >= 0.3 is 6.36 Å². The Kier molecular flexibility index (Phi) is 5.02. The van der Waals surface area contributed by atoms with Crippen molar-refractivity contribution in [2.75, 3.05) is 16.8 Å². The maximum Gasteiger partial charge on any atom is 0.573 e. The van der Waals surface area contributed by atoms with Crippen LogP contribution in [0.5, 0.6) is 5.75 Å². The largest absolute Gasteiger partial charge is 0.573 e. The van der Waals surface area contributed by atoms with E-state index >= 15 is 0 Å². The molecule has 1 N–H and O–H groups in total. The molecule has 0 radical (unpaired) electrons. The second-order valence-corrected chi connectivity index (χ2v) is 5.92. The van der Waals surface area contributed by atoms with Crippen molar-refractivity contribution in [3.63, 3.8) is 0 Å². The first kappa shape index (κ1) is 18.7. The van der Waals surface area contributed by atoms with Gasteiger partial charge in [-0.3, -0.25) is 9.59 Å². The summed E-state index contributed by atoms with van der Waals surface area (Å²) in [5.41, 5.74) is 0.178. The molecule has 1 aliphatic heterocycles. The lowest BCUT2D eigenvalue weighted by Gasteiger charge is -2.17. The number of para-hydroxylation sites is 1. The summed E-state index contributed by atoms with van der Waals surface area (Å²) in [7, 11) is 0. The minimum absolute atomic E-state index is 0.0235. The Bertz CT molecular complexity index is 870. The zero-order chi connectivity index (χ0) is 19.6. The predicted octanol–water partition coefficient (Wildman–Crippen LogP) is 3.72. The van der Waals surface area contributed by atoms with Crippen LogP contribution in [-0.2, 0) is 9.59 Å². The van der Waals surface area contributed by atoms with Crippen molar-refractivity contribution in [3.05, 3.63) is 54.3 Å². The van der Waals surface area contributed by atoms with Crippen LogP contribution in [0.1, 0.15) is 6.42 Å². The van der Waals surface area contributed by atoms with Crippen molar-refractivity contribution in [2.45, 2.75) is 12.8 Å². The van der Waals surface area contributed by atoms with Crippen LogP contribution in [0.3, 0.4) is 0 Å². The summed E-state index contributed by atoms with van der Waals surface area (Å²) >= 11 is 0. The van der Waals surface area contributed by atoms with Crippen molar-refractivity contribution >= 4 is 23.2 Å². The Morgan fingerprint density at radius 2 is 1.89 bits per heavy atom. The third-order valence-electron chi connectivity index (χ3n) is 3.97. The fourth-order valence-corrected chi connectivity index (χ4v) is 2.80. The molecule has 5 nitrogen and oxygen atoms in total. The van der Waals surface area contributed by atoms with E-state index in [1.165, 1.54) is 35.2 Å². The van der Waals surface area contributed by atoms with E-state index in [0.29, 0.717) is 0 Å². The molecule has 1 saturated heterocycles. The summed E-state index contributed by atoms with van der Waals surface area (Å²) in [6.07, 6.45) is -4.97. The van der Waals surface area contributed by atoms with Crippen LogP contribution >= 0.6 is 0 Å². The summed E-state index contributed by atoms with van der Waals surface area (Å²) in [4.78, 5) is 25.7. The SMILES string of the molecule is O=C(Nc1cccc(OC(F)(F)F)c1)C1CC(=O)N(c2ccccc2F)C1. The van der Waals surface area contributed by atoms with Gasteiger partial charge in [-0.25, -0.2) is 4.39 Å². The highest BCUT2D eigenvalue weighted by Gasteiger charge is 2.36. The van der Waals surface area contributed by atoms with Crippen LogP contribution in [0.15, 0.2) is 48.5 Å². The number of amides is 2. The Balaban J connectivity index is 1.68. The van der Waals surface area contributed by atoms with Gasteiger partial charge in [-0.2, -0.15) is 0 Å². The zero-order valence-electron chi connectivity index (χ0n) is 13.8. The third kappa shape index (κ3) is 4.55. The number of carbonyl (C=O) groups excluding carboxylic acids is 2. The van der Waals surface area contributed by atoms with Gasteiger partial charge in [-0.15, -0.1) is 13.2 Å². The molecule has 0 spiro atoms. The maximum absolute atomic E-state index is 13.9. The van der Waals surface area contributed by atoms with Crippen LogP contribution in [-0.4, -0.2) is 24.7 Å². The summed E-state index contributed by atoms with van der Waals surface area (Å²) in [6.45, 7) is -0.0235. The molecule has 1 fully saturated rings. The fraction of sp³-hybridized carbons (Fsp3) is 0.222. The molecule has 9 heteroatoms. The van der Waals surface area contributed by atoms with Crippen molar-refractivity contribution in [3.8, 4) is 5.75 Å². The Morgan fingerprint density at radius 1 is 1.15 bits per heavy atom. The monoisotopic (exact) mass is 382 g/mol. The summed E-state index contributed by atoms with van der Waals surface area (Å²) in [5.74, 6) is -2.77. The number of hydrogen-bond donors (Lipinski definition) is 1. The molecule has 27 heavy (non-hydrogen) atoms. The number of benzene rings is 2. The highest BCUT2D eigenvalue weighted by molar-refractivity contribution is 6.03. The normalized spacial score (nSPS) is 17.1. The van der Waals surface area contributed by atoms with Crippen LogP contribution in [0.4, 0.5) is 28.9 Å². The van der Waals surface area contributed by atoms with Crippen LogP contribution in [0.25, 0.3) is 0 Å². The number of rotatable bonds is 4. The van der Waals surface area contributed by atoms with Gasteiger partial charge in [0, 0.05) is 24.7 Å². The molecule has 0 bridgehead atoms. The quantitative estimate of drug-likeness (QED) is 0.820. The minimum Gasteiger partial charge on any atom is -0.406 e. The van der Waals surface area contributed by atoms with E-state index in [0.717, 1.165) is 12.1 Å². The first-order valence-corrected chi connectivity index (χ1v) is 7.94. The fourth-order valence-electron chi connectivity index (χ4n) is 2.80. The van der Waals surface area contributed by atoms with Crippen molar-refractivity contribution in [1.29, 1.82) is 0 Å². The number of anilines is 2. The van der Waals surface area contributed by atoms with Crippen LogP contribution in [0.2, 0.25) is 0 Å². The van der Waals surface area contributed by atoms with Gasteiger partial charge in [-0.05, 0) is 24.3 Å². The second-order valence-electron chi connectivity index (χ2n) is 5.92. The van der Waals surface area contributed by atoms with E-state index in [1.807, 2.05) is 0 Å². The number of alkyl halides is 3. The van der Waals surface area contributed by atoms with Crippen molar-refractivity contribution < 1.29 is 31.9 Å². The van der Waals surface area contributed by atoms with Gasteiger partial charge in [0.1, 0.15) is 11.6 Å². The lowest BCUT2D eigenvalue weighted by molar-refractivity contribution is -0.274. The van der Waals surface area contributed by atoms with E-state index in [2.05, 4.69) is 10.1 Å². The highest BCUT2D eigenvalue weighted by atomic mass is 19.4. The number of ether oxygens (including phenoxy) is 1. The highest BCUT2D eigenvalue weighted by Crippen LogP contribution is 2.29. The molecule has 1 atom stereocenters. The summed E-state index contributed by atoms with van der Waals surface area (Å²) < 4.78 is 54.5. The Hall–Kier alpha value is -3.10. The average molecular weight is 382 g/mol. The lowest BCUT2D eigenvalue weighted by atomic mass is 10.1. The lowest BCUT2D eigenvalue weighted by Crippen LogP contribution is -2.28. The molecular weight excluding hydrogens is 368 g/mol. The second kappa shape index (κ2) is 7.26. The predicted molar refractivity (Wildman–Crippen MR) is 88.6 cm³/mol. The van der Waals surface area contributed by atoms with Gasteiger partial charge < -0.3 is 15.0 Å². The number of halogens is 4. The number of hydrogen-bond acceptors (Lipinski definition) is 3. The Labute approximate surface area is 151 Å². The molecule has 2 aromatic rings. The van der Waals surface area contributed by atoms with E-state index in [4.69, 9.17) is 0 Å². The number of carbonyl (C=O) groups is 2. The number of nitrogens with zero attached hydrogens (tertiary/aromatic N) is 1. The molecule has 142 valence electrons. The molecule has 3 rings (SSSR count). The molecule has 1 heterocycles. The topological polar surface area (TPSA) is 58.6 Å². The van der Waals surface area contributed by atoms with Gasteiger partial charge in [0.05, 0.1) is 11.6 Å². The Morgan fingerprint density at radius 3 is 2.59 bits per heavy atom. The maximum atomic E-state index is 13.9. The van der Waals surface area contributed by atoms with Gasteiger partial charge in [0.15, 0.2) is 0 Å². The van der Waals surface area contributed by atoms with E-state index in [9.17, 15) is 27.2 Å². The van der Waals surface area contributed by atoms with E-state index < -0.39 is 35.7 Å². The minimum atomic E-state index is -4.85. The van der Waals surface area contributed by atoms with Crippen molar-refractivity contribution in [1.82, 2.24) is 0 Å². The van der Waals surface area contributed by atoms with E-state index in [1.54, 1.807) is 6.07 Å². The molecule has 1 aliphatic rings. The van der Waals surface area contributed by atoms with Crippen LogP contribution in [0, 0.1) is 11.7 Å². The molecule has 2 aromatic carbocycles. The molecular formula is C18H14F4N2O3. The molecule has 0 aliphatic carbocycles. The molecule has 0 aromatic heterocycles. The first-order chi connectivity index (χ1) is 12.7. The zero-order valence-corrected chi connectivity index (χ0v) is 13.8. The average Bonchev–Trinajstić information content (AvgIpc) is 2.96. The van der Waals surface area contributed by atoms with E-state index in [-0.39, 0.29) is 24.3 Å². The van der Waals surface area contributed by atoms with Gasteiger partial charge in [0.2, 0.25) is 11.8 Å². The third-order valence-corrected chi connectivity index (χ3v) is 3.97. The van der Waals surface area contributed by atoms with Crippen molar-refractivity contribution in [2.24, 2.45) is 5.92 Å². The standard InChI is InChI=1S/C18H14F4N2O3/c19-14-6-1-2-7-15(14)24-10-11(8-16(24)25)17(26)23-12-4-3-5-13(9-12)27-18(20,21)22/h1-7,9,11H,8,10H2,(H,23,26). The smallest absolute Gasteiger partial charge is 0.406 e.